The van der Waals surface area contributed by atoms with Gasteiger partial charge in [-0.05, 0) is 38.1 Å². The standard InChI is InChI=1S/C15H17N3O2/c1-9-7-8-13(10(2)17-9)18-15(19)11-5-4-6-12(16)14(11)20-3/h4-8H,16H2,1-3H3,(H,18,19). The number of pyridine rings is 1. The van der Waals surface area contributed by atoms with Crippen molar-refractivity contribution in [3.05, 3.63) is 47.3 Å². The van der Waals surface area contributed by atoms with Crippen LogP contribution in [0.25, 0.3) is 0 Å². The second-order valence-corrected chi connectivity index (χ2v) is 4.47. The summed E-state index contributed by atoms with van der Waals surface area (Å²) in [6.45, 7) is 3.75. The van der Waals surface area contributed by atoms with E-state index in [1.807, 2.05) is 26.0 Å². The molecule has 1 aromatic heterocycles. The minimum Gasteiger partial charge on any atom is -0.494 e. The summed E-state index contributed by atoms with van der Waals surface area (Å²) in [7, 11) is 1.49. The number of aromatic nitrogens is 1. The predicted molar refractivity (Wildman–Crippen MR) is 79.1 cm³/mol. The number of nitrogen functional groups attached to an aromatic ring is 1. The minimum absolute atomic E-state index is 0.275. The van der Waals surface area contributed by atoms with Crippen LogP contribution in [0.15, 0.2) is 30.3 Å². The summed E-state index contributed by atoms with van der Waals surface area (Å²) in [5.74, 6) is 0.102. The van der Waals surface area contributed by atoms with Gasteiger partial charge >= 0.3 is 0 Å². The van der Waals surface area contributed by atoms with E-state index in [-0.39, 0.29) is 5.91 Å². The molecule has 0 saturated carbocycles. The van der Waals surface area contributed by atoms with Crippen LogP contribution in [0.3, 0.4) is 0 Å². The number of carbonyl (C=O) groups excluding carboxylic acids is 1. The van der Waals surface area contributed by atoms with Crippen molar-refractivity contribution in [3.63, 3.8) is 0 Å². The molecule has 0 unspecified atom stereocenters. The number of ether oxygens (including phenoxy) is 1. The SMILES string of the molecule is COc1c(N)cccc1C(=O)Nc1ccc(C)nc1C. The normalized spacial score (nSPS) is 10.2. The number of methoxy groups -OCH3 is 1. The minimum atomic E-state index is -0.275. The number of anilines is 2. The first kappa shape index (κ1) is 13.9. The molecule has 0 bridgehead atoms. The maximum Gasteiger partial charge on any atom is 0.259 e. The Morgan fingerprint density at radius 2 is 2.00 bits per heavy atom. The van der Waals surface area contributed by atoms with Crippen molar-refractivity contribution in [2.24, 2.45) is 0 Å². The fourth-order valence-electron chi connectivity index (χ4n) is 1.97. The van der Waals surface area contributed by atoms with Crippen LogP contribution in [-0.4, -0.2) is 18.0 Å². The molecule has 104 valence electrons. The lowest BCUT2D eigenvalue weighted by Crippen LogP contribution is -2.15. The number of rotatable bonds is 3. The van der Waals surface area contributed by atoms with Gasteiger partial charge in [-0.2, -0.15) is 0 Å². The monoisotopic (exact) mass is 271 g/mol. The Kier molecular flexibility index (Phi) is 3.89. The smallest absolute Gasteiger partial charge is 0.259 e. The number of aryl methyl sites for hydroxylation is 2. The molecule has 1 heterocycles. The lowest BCUT2D eigenvalue weighted by atomic mass is 10.1. The molecule has 2 rings (SSSR count). The van der Waals surface area contributed by atoms with Crippen molar-refractivity contribution < 1.29 is 9.53 Å². The molecule has 0 radical (unpaired) electrons. The van der Waals surface area contributed by atoms with Gasteiger partial charge in [0, 0.05) is 5.69 Å². The largest absolute Gasteiger partial charge is 0.494 e. The first-order valence-corrected chi connectivity index (χ1v) is 6.21. The molecule has 0 spiro atoms. The van der Waals surface area contributed by atoms with Gasteiger partial charge in [-0.1, -0.05) is 6.07 Å². The van der Waals surface area contributed by atoms with Crippen LogP contribution in [-0.2, 0) is 0 Å². The number of nitrogens with two attached hydrogens (primary N) is 1. The molecule has 0 aliphatic rings. The Hall–Kier alpha value is -2.56. The summed E-state index contributed by atoms with van der Waals surface area (Å²) in [6, 6.07) is 8.75. The number of hydrogen-bond donors (Lipinski definition) is 2. The summed E-state index contributed by atoms with van der Waals surface area (Å²) < 4.78 is 5.18. The maximum absolute atomic E-state index is 12.3. The van der Waals surface area contributed by atoms with E-state index in [0.29, 0.717) is 22.7 Å². The Morgan fingerprint density at radius 1 is 1.25 bits per heavy atom. The highest BCUT2D eigenvalue weighted by Gasteiger charge is 2.15. The molecule has 0 saturated heterocycles. The van der Waals surface area contributed by atoms with Crippen molar-refractivity contribution in [2.75, 3.05) is 18.2 Å². The second kappa shape index (κ2) is 5.61. The maximum atomic E-state index is 12.3. The summed E-state index contributed by atoms with van der Waals surface area (Å²) >= 11 is 0. The fourth-order valence-corrected chi connectivity index (χ4v) is 1.97. The molecule has 5 heteroatoms. The van der Waals surface area contributed by atoms with E-state index in [1.165, 1.54) is 7.11 Å². The van der Waals surface area contributed by atoms with E-state index >= 15 is 0 Å². The van der Waals surface area contributed by atoms with Crippen LogP contribution in [0.4, 0.5) is 11.4 Å². The molecule has 3 N–H and O–H groups in total. The lowest BCUT2D eigenvalue weighted by molar-refractivity contribution is 0.102. The number of nitrogens with zero attached hydrogens (tertiary/aromatic N) is 1. The van der Waals surface area contributed by atoms with E-state index in [0.717, 1.165) is 11.4 Å². The fraction of sp³-hybridized carbons (Fsp3) is 0.200. The molecule has 0 fully saturated rings. The van der Waals surface area contributed by atoms with E-state index in [2.05, 4.69) is 10.3 Å². The van der Waals surface area contributed by atoms with Crippen LogP contribution in [0.5, 0.6) is 5.75 Å². The predicted octanol–water partition coefficient (Wildman–Crippen LogP) is 2.54. The third-order valence-corrected chi connectivity index (χ3v) is 2.97. The van der Waals surface area contributed by atoms with Gasteiger partial charge in [-0.15, -0.1) is 0 Å². The number of carbonyl (C=O) groups is 1. The molecule has 0 aliphatic carbocycles. The number of amides is 1. The Balaban J connectivity index is 2.31. The molecule has 1 amide bonds. The molecular formula is C15H17N3O2. The van der Waals surface area contributed by atoms with Gasteiger partial charge in [-0.25, -0.2) is 0 Å². The molecule has 0 atom stereocenters. The third-order valence-electron chi connectivity index (χ3n) is 2.97. The number of hydrogen-bond acceptors (Lipinski definition) is 4. The van der Waals surface area contributed by atoms with Gasteiger partial charge in [0.05, 0.1) is 29.7 Å². The van der Waals surface area contributed by atoms with Crippen LogP contribution < -0.4 is 15.8 Å². The topological polar surface area (TPSA) is 77.2 Å². The molecule has 20 heavy (non-hydrogen) atoms. The highest BCUT2D eigenvalue weighted by atomic mass is 16.5. The second-order valence-electron chi connectivity index (χ2n) is 4.47. The van der Waals surface area contributed by atoms with E-state index in [9.17, 15) is 4.79 Å². The number of benzene rings is 1. The van der Waals surface area contributed by atoms with Gasteiger partial charge in [0.1, 0.15) is 0 Å². The van der Waals surface area contributed by atoms with Crippen molar-refractivity contribution in [2.45, 2.75) is 13.8 Å². The van der Waals surface area contributed by atoms with Crippen LogP contribution in [0, 0.1) is 13.8 Å². The van der Waals surface area contributed by atoms with Crippen LogP contribution in [0.1, 0.15) is 21.7 Å². The Bertz CT molecular complexity index is 654. The highest BCUT2D eigenvalue weighted by molar-refractivity contribution is 6.07. The average molecular weight is 271 g/mol. The van der Waals surface area contributed by atoms with Crippen molar-refractivity contribution >= 4 is 17.3 Å². The van der Waals surface area contributed by atoms with Crippen molar-refractivity contribution in [3.8, 4) is 5.75 Å². The van der Waals surface area contributed by atoms with Crippen molar-refractivity contribution in [1.29, 1.82) is 0 Å². The van der Waals surface area contributed by atoms with Gasteiger partial charge < -0.3 is 15.8 Å². The zero-order valence-corrected chi connectivity index (χ0v) is 11.7. The first-order valence-electron chi connectivity index (χ1n) is 6.21. The molecule has 1 aromatic carbocycles. The van der Waals surface area contributed by atoms with Crippen LogP contribution >= 0.6 is 0 Å². The summed E-state index contributed by atoms with van der Waals surface area (Å²) in [6.07, 6.45) is 0. The summed E-state index contributed by atoms with van der Waals surface area (Å²) in [5, 5.41) is 2.82. The van der Waals surface area contributed by atoms with E-state index in [1.54, 1.807) is 18.2 Å². The average Bonchev–Trinajstić information content (AvgIpc) is 2.41. The quantitative estimate of drug-likeness (QED) is 0.841. The van der Waals surface area contributed by atoms with Gasteiger partial charge in [-0.3, -0.25) is 9.78 Å². The van der Waals surface area contributed by atoms with Crippen molar-refractivity contribution in [1.82, 2.24) is 4.98 Å². The first-order chi connectivity index (χ1) is 9.52. The third kappa shape index (κ3) is 2.71. The number of nitrogens with one attached hydrogen (secondary N) is 1. The summed E-state index contributed by atoms with van der Waals surface area (Å²) in [4.78, 5) is 16.6. The Morgan fingerprint density at radius 3 is 2.65 bits per heavy atom. The molecule has 0 aliphatic heterocycles. The van der Waals surface area contributed by atoms with Gasteiger partial charge in [0.2, 0.25) is 0 Å². The highest BCUT2D eigenvalue weighted by Crippen LogP contribution is 2.26. The van der Waals surface area contributed by atoms with E-state index in [4.69, 9.17) is 10.5 Å². The zero-order valence-electron chi connectivity index (χ0n) is 11.7. The molecular weight excluding hydrogens is 254 g/mol. The zero-order chi connectivity index (χ0) is 14.7. The molecule has 2 aromatic rings. The Labute approximate surface area is 117 Å². The summed E-state index contributed by atoms with van der Waals surface area (Å²) in [5.41, 5.74) is 8.96. The lowest BCUT2D eigenvalue weighted by Gasteiger charge is -2.12. The number of para-hydroxylation sites is 1. The molecule has 5 nitrogen and oxygen atoms in total. The van der Waals surface area contributed by atoms with Gasteiger partial charge in [0.15, 0.2) is 5.75 Å². The van der Waals surface area contributed by atoms with E-state index < -0.39 is 0 Å². The van der Waals surface area contributed by atoms with Crippen LogP contribution in [0.2, 0.25) is 0 Å². The van der Waals surface area contributed by atoms with Gasteiger partial charge in [0.25, 0.3) is 5.91 Å².